The number of aromatic hydroxyl groups is 1. The molecular formula is C61H60B3N3O17. The van der Waals surface area contributed by atoms with Gasteiger partial charge in [0.15, 0.2) is 0 Å². The van der Waals surface area contributed by atoms with Crippen LogP contribution in [0.4, 0.5) is 0 Å². The fourth-order valence-corrected chi connectivity index (χ4v) is 8.37. The van der Waals surface area contributed by atoms with Gasteiger partial charge in [0.1, 0.15) is 40.2 Å². The Kier molecular flexibility index (Phi) is 22.0. The van der Waals surface area contributed by atoms with Crippen molar-refractivity contribution < 1.29 is 80.7 Å². The quantitative estimate of drug-likeness (QED) is 0.136. The first-order valence-electron chi connectivity index (χ1n) is 26.8. The molecule has 0 atom stereocenters. The number of carbonyl (C=O) groups is 6. The van der Waals surface area contributed by atoms with Gasteiger partial charge in [-0.1, -0.05) is 97.1 Å². The van der Waals surface area contributed by atoms with E-state index in [1.807, 2.05) is 109 Å². The van der Waals surface area contributed by atoms with Gasteiger partial charge in [-0.05, 0) is 117 Å². The highest BCUT2D eigenvalue weighted by Gasteiger charge is 2.36. The number of carbonyl (C=O) groups excluding carboxylic acids is 6. The van der Waals surface area contributed by atoms with E-state index in [1.54, 1.807) is 91.6 Å². The monoisotopic (exact) mass is 1140 g/mol. The molecule has 3 fully saturated rings. The molecule has 3 aliphatic heterocycles. The minimum atomic E-state index is -1.11. The second-order valence-corrected chi connectivity index (χ2v) is 19.5. The van der Waals surface area contributed by atoms with E-state index in [-0.39, 0.29) is 45.0 Å². The van der Waals surface area contributed by atoms with Crippen LogP contribution in [-0.4, -0.2) is 151 Å². The lowest BCUT2D eigenvalue weighted by Gasteiger charge is -2.22. The number of phenols is 1. The number of nitrogens with zero attached hydrogens (tertiary/aromatic N) is 3. The number of ether oxygens (including phenoxy) is 4. The van der Waals surface area contributed by atoms with E-state index in [1.165, 1.54) is 17.0 Å². The number of hydrogen-bond donors (Lipinski definition) is 1. The molecule has 0 unspecified atom stereocenters. The van der Waals surface area contributed by atoms with Crippen molar-refractivity contribution in [3.05, 3.63) is 193 Å². The maximum absolute atomic E-state index is 12.0. The number of para-hydroxylation sites is 2. The number of benzene rings is 7. The average Bonchev–Trinajstić information content (AvgIpc) is 3.51. The summed E-state index contributed by atoms with van der Waals surface area (Å²) in [7, 11) is 1.68. The Hall–Kier alpha value is -9.57. The zero-order valence-electron chi connectivity index (χ0n) is 46.4. The SMILES string of the molecule is CN1CC(=O)OB(c2ccc(OCCc3ccc(Oc4ccccc4)cc3)cc2)OC(=O)C1.CN1CC(=O)OB(c2cccc(O)c2)OC(=O)C1.CN1CC(=O)OB(c2cccc(OCCc3cccc(Oc4ccccc4)c3)c2)OC(=O)C1. The molecule has 3 heterocycles. The molecule has 0 spiro atoms. The zero-order chi connectivity index (χ0) is 59.2. The van der Waals surface area contributed by atoms with Gasteiger partial charge in [-0.25, -0.2) is 0 Å². The molecule has 0 aromatic heterocycles. The second kappa shape index (κ2) is 30.5. The molecule has 0 amide bonds. The fourth-order valence-electron chi connectivity index (χ4n) is 8.37. The van der Waals surface area contributed by atoms with Gasteiger partial charge < -0.3 is 52.0 Å². The minimum absolute atomic E-state index is 0.0128. The Morgan fingerprint density at radius 2 is 0.726 bits per heavy atom. The van der Waals surface area contributed by atoms with Gasteiger partial charge in [0.2, 0.25) is 0 Å². The van der Waals surface area contributed by atoms with Crippen molar-refractivity contribution in [3.63, 3.8) is 0 Å². The molecule has 430 valence electrons. The molecule has 84 heavy (non-hydrogen) atoms. The molecule has 20 nitrogen and oxygen atoms in total. The van der Waals surface area contributed by atoms with E-state index in [9.17, 15) is 33.9 Å². The molecular weight excluding hydrogens is 1080 g/mol. The van der Waals surface area contributed by atoms with Gasteiger partial charge in [0.05, 0.1) is 52.5 Å². The van der Waals surface area contributed by atoms with Gasteiger partial charge in [0, 0.05) is 29.2 Å². The second-order valence-electron chi connectivity index (χ2n) is 19.5. The van der Waals surface area contributed by atoms with E-state index >= 15 is 0 Å². The Labute approximate surface area is 487 Å². The lowest BCUT2D eigenvalue weighted by Crippen LogP contribution is -2.47. The number of phenolic OH excluding ortho intramolecular Hbond substituents is 1. The van der Waals surface area contributed by atoms with E-state index < -0.39 is 57.2 Å². The van der Waals surface area contributed by atoms with Crippen LogP contribution < -0.4 is 35.3 Å². The van der Waals surface area contributed by atoms with Crippen LogP contribution in [0.5, 0.6) is 40.2 Å². The number of likely N-dealkylation sites (N-methyl/N-ethyl adjacent to an activating group) is 3. The number of rotatable bonds is 15. The third-order valence-corrected chi connectivity index (χ3v) is 12.3. The summed E-state index contributed by atoms with van der Waals surface area (Å²) >= 11 is 0. The van der Waals surface area contributed by atoms with Crippen molar-refractivity contribution in [2.24, 2.45) is 0 Å². The summed E-state index contributed by atoms with van der Waals surface area (Å²) in [6.45, 7) is 1.09. The van der Waals surface area contributed by atoms with E-state index in [0.29, 0.717) is 47.5 Å². The largest absolute Gasteiger partial charge is 0.636 e. The Bertz CT molecular complexity index is 3270. The maximum atomic E-state index is 12.0. The highest BCUT2D eigenvalue weighted by atomic mass is 16.7. The third kappa shape index (κ3) is 19.9. The smallest absolute Gasteiger partial charge is 0.508 e. The van der Waals surface area contributed by atoms with Crippen LogP contribution in [0.2, 0.25) is 0 Å². The fraction of sp³-hybridized carbons (Fsp3) is 0.213. The zero-order valence-corrected chi connectivity index (χ0v) is 46.4. The van der Waals surface area contributed by atoms with Gasteiger partial charge in [-0.15, -0.1) is 0 Å². The van der Waals surface area contributed by atoms with Gasteiger partial charge in [-0.3, -0.25) is 43.5 Å². The first kappa shape index (κ1) is 60.5. The molecule has 0 saturated carbocycles. The molecule has 7 aromatic carbocycles. The summed E-state index contributed by atoms with van der Waals surface area (Å²) < 4.78 is 54.7. The Morgan fingerprint density at radius 3 is 1.21 bits per heavy atom. The molecule has 1 N–H and O–H groups in total. The highest BCUT2D eigenvalue weighted by molar-refractivity contribution is 6.65. The maximum Gasteiger partial charge on any atom is 0.636 e. The van der Waals surface area contributed by atoms with E-state index in [2.05, 4.69) is 0 Å². The van der Waals surface area contributed by atoms with Crippen LogP contribution in [-0.2, 0) is 69.5 Å². The summed E-state index contributed by atoms with van der Waals surface area (Å²) in [5, 5.41) is 9.35. The van der Waals surface area contributed by atoms with Gasteiger partial charge in [-0.2, -0.15) is 0 Å². The average molecular weight is 1140 g/mol. The molecule has 3 aliphatic rings. The predicted molar refractivity (Wildman–Crippen MR) is 311 cm³/mol. The van der Waals surface area contributed by atoms with Crippen LogP contribution in [0, 0.1) is 0 Å². The molecule has 0 radical (unpaired) electrons. The lowest BCUT2D eigenvalue weighted by molar-refractivity contribution is -0.147. The van der Waals surface area contributed by atoms with Crippen LogP contribution in [0.1, 0.15) is 11.1 Å². The van der Waals surface area contributed by atoms with Crippen molar-refractivity contribution in [2.45, 2.75) is 12.8 Å². The standard InChI is InChI=1S/2C25H24BNO6.C11H12BNO5/c1-27-17-24(28)32-26(33-25(29)18-27)20-8-6-11-22(16-20)30-14-13-19-7-5-12-23(15-19)31-21-9-3-2-4-10-21;1-27-17-24(28)32-26(33-25(29)18-27)20-9-13-21(14-10-20)30-16-15-19-7-11-23(12-8-19)31-22-5-3-2-4-6-22;1-13-6-10(15)17-12(18-11(16)7-13)8-3-2-4-9(14)5-8/h2-12,15-16H,13-14,17-18H2,1H3;2-14H,15-18H2,1H3;2-5,14H,6-7H2,1H3. The summed E-state index contributed by atoms with van der Waals surface area (Å²) in [6, 6.07) is 55.1. The minimum Gasteiger partial charge on any atom is -0.508 e. The van der Waals surface area contributed by atoms with E-state index in [4.69, 9.17) is 46.9 Å². The van der Waals surface area contributed by atoms with Crippen molar-refractivity contribution >= 4 is 73.6 Å². The lowest BCUT2D eigenvalue weighted by atomic mass is 9.78. The van der Waals surface area contributed by atoms with Gasteiger partial charge >= 0.3 is 57.2 Å². The molecule has 23 heteroatoms. The molecule has 0 bridgehead atoms. The number of hydrogen-bond acceptors (Lipinski definition) is 20. The highest BCUT2D eigenvalue weighted by Crippen LogP contribution is 2.24. The molecule has 3 saturated heterocycles. The van der Waals surface area contributed by atoms with Crippen LogP contribution in [0.15, 0.2) is 182 Å². The predicted octanol–water partition coefficient (Wildman–Crippen LogP) is 4.77. The first-order chi connectivity index (χ1) is 40.6. The Balaban J connectivity index is 0.000000172. The van der Waals surface area contributed by atoms with Crippen LogP contribution >= 0.6 is 0 Å². The summed E-state index contributed by atoms with van der Waals surface area (Å²) in [5.41, 5.74) is 3.73. The van der Waals surface area contributed by atoms with Crippen molar-refractivity contribution in [2.75, 3.05) is 73.6 Å². The molecule has 10 rings (SSSR count). The molecule has 7 aromatic rings. The molecule has 0 aliphatic carbocycles. The van der Waals surface area contributed by atoms with Crippen molar-refractivity contribution in [3.8, 4) is 40.2 Å². The third-order valence-electron chi connectivity index (χ3n) is 12.3. The van der Waals surface area contributed by atoms with Gasteiger partial charge in [0.25, 0.3) is 0 Å². The summed E-state index contributed by atoms with van der Waals surface area (Å²) in [4.78, 5) is 75.4. The van der Waals surface area contributed by atoms with Crippen LogP contribution in [0.25, 0.3) is 0 Å². The van der Waals surface area contributed by atoms with E-state index in [0.717, 1.165) is 40.5 Å². The summed E-state index contributed by atoms with van der Waals surface area (Å²) in [5.74, 6) is 1.61. The van der Waals surface area contributed by atoms with Crippen molar-refractivity contribution in [1.29, 1.82) is 0 Å². The van der Waals surface area contributed by atoms with Crippen LogP contribution in [0.3, 0.4) is 0 Å². The van der Waals surface area contributed by atoms with Crippen molar-refractivity contribution in [1.82, 2.24) is 14.7 Å². The Morgan fingerprint density at radius 1 is 0.357 bits per heavy atom. The summed E-state index contributed by atoms with van der Waals surface area (Å²) in [6.07, 6.45) is 1.41. The normalized spacial score (nSPS) is 15.3. The first-order valence-corrected chi connectivity index (χ1v) is 26.8. The topological polar surface area (TPSA) is 225 Å².